The number of aliphatic carboxylic acids is 1. The van der Waals surface area contributed by atoms with E-state index in [9.17, 15) is 76.3 Å². The van der Waals surface area contributed by atoms with Gasteiger partial charge in [-0.1, -0.05) is 0 Å². The van der Waals surface area contributed by atoms with E-state index < -0.39 is 149 Å². The third-order valence-corrected chi connectivity index (χ3v) is 8.18. The number of ether oxygens (including phenoxy) is 7. The topological polar surface area (TPSA) is 365 Å². The highest BCUT2D eigenvalue weighted by atomic mass is 16.8. The Kier molecular flexibility index (Phi) is 12.6. The van der Waals surface area contributed by atoms with Gasteiger partial charge in [-0.3, -0.25) is 0 Å². The van der Waals surface area contributed by atoms with Crippen LogP contribution in [0.2, 0.25) is 0 Å². The number of aliphatic hydroxyl groups excluding tert-OH is 13. The maximum atomic E-state index is 11.8. The van der Waals surface area contributed by atoms with Crippen LogP contribution in [0.15, 0.2) is 0 Å². The summed E-state index contributed by atoms with van der Waals surface area (Å²) >= 11 is 0. The first-order valence-electron chi connectivity index (χ1n) is 14.1. The molecule has 0 amide bonds. The van der Waals surface area contributed by atoms with Crippen molar-refractivity contribution >= 4 is 5.97 Å². The summed E-state index contributed by atoms with van der Waals surface area (Å²) in [6, 6.07) is 0. The van der Waals surface area contributed by atoms with Crippen molar-refractivity contribution in [3.63, 3.8) is 0 Å². The Hall–Kier alpha value is -1.33. The van der Waals surface area contributed by atoms with Gasteiger partial charge in [0.15, 0.2) is 31.3 Å². The summed E-state index contributed by atoms with van der Waals surface area (Å²) in [4.78, 5) is 11.8. The van der Waals surface area contributed by atoms with E-state index in [1.54, 1.807) is 0 Å². The summed E-state index contributed by atoms with van der Waals surface area (Å²) in [5.74, 6) is -1.82. The van der Waals surface area contributed by atoms with Crippen LogP contribution in [0.25, 0.3) is 0 Å². The van der Waals surface area contributed by atoms with Crippen LogP contribution in [-0.4, -0.2) is 220 Å². The van der Waals surface area contributed by atoms with Crippen LogP contribution in [0.1, 0.15) is 0 Å². The molecular formula is C24H40O22. The van der Waals surface area contributed by atoms with Gasteiger partial charge in [0.05, 0.1) is 19.8 Å². The minimum Gasteiger partial charge on any atom is -0.479 e. The molecule has 0 bridgehead atoms. The fourth-order valence-corrected chi connectivity index (χ4v) is 5.48. The minimum absolute atomic E-state index is 0.861. The van der Waals surface area contributed by atoms with E-state index in [0.29, 0.717) is 0 Å². The molecule has 4 rings (SSSR count). The van der Waals surface area contributed by atoms with Crippen molar-refractivity contribution in [1.29, 1.82) is 0 Å². The predicted octanol–water partition coefficient (Wildman–Crippen LogP) is -9.66. The van der Waals surface area contributed by atoms with Crippen molar-refractivity contribution in [2.45, 2.75) is 123 Å². The normalized spacial score (nSPS) is 51.9. The van der Waals surface area contributed by atoms with Crippen LogP contribution < -0.4 is 0 Å². The molecule has 20 unspecified atom stereocenters. The first-order chi connectivity index (χ1) is 21.7. The average Bonchev–Trinajstić information content (AvgIpc) is 3.03. The monoisotopic (exact) mass is 680 g/mol. The quantitative estimate of drug-likeness (QED) is 0.102. The largest absolute Gasteiger partial charge is 0.479 e. The van der Waals surface area contributed by atoms with Crippen molar-refractivity contribution in [2.24, 2.45) is 0 Å². The maximum Gasteiger partial charge on any atom is 0.335 e. The lowest BCUT2D eigenvalue weighted by atomic mass is 9.95. The number of carbonyl (C=O) groups is 1. The number of carboxylic acid groups (broad SMARTS) is 1. The second kappa shape index (κ2) is 15.5. The zero-order valence-corrected chi connectivity index (χ0v) is 23.7. The van der Waals surface area contributed by atoms with E-state index in [0.717, 1.165) is 0 Å². The van der Waals surface area contributed by atoms with Crippen molar-refractivity contribution in [3.05, 3.63) is 0 Å². The highest BCUT2D eigenvalue weighted by molar-refractivity contribution is 5.73. The molecule has 0 aromatic carbocycles. The molecule has 0 radical (unpaired) electrons. The highest BCUT2D eigenvalue weighted by Crippen LogP contribution is 2.35. The number of aliphatic hydroxyl groups is 13. The van der Waals surface area contributed by atoms with E-state index in [4.69, 9.17) is 33.2 Å². The van der Waals surface area contributed by atoms with Gasteiger partial charge in [-0.25, -0.2) is 4.79 Å². The zero-order valence-electron chi connectivity index (χ0n) is 23.7. The SMILES string of the molecule is O=C(O)C1OC(OC2C(OC3C(O)C(O)OC(CO)C3O)OC(CO)C(O)C2O)C(OC2OC(CO)C(O)C(O)C2O)C(O)C1O. The van der Waals surface area contributed by atoms with Crippen molar-refractivity contribution in [2.75, 3.05) is 19.8 Å². The molecule has 22 nitrogen and oxygen atoms in total. The summed E-state index contributed by atoms with van der Waals surface area (Å²) < 4.78 is 37.6. The summed E-state index contributed by atoms with van der Waals surface area (Å²) in [5, 5.41) is 143. The Morgan fingerprint density at radius 1 is 0.457 bits per heavy atom. The molecule has 4 aliphatic rings. The second-order valence-electron chi connectivity index (χ2n) is 11.2. The van der Waals surface area contributed by atoms with E-state index in [2.05, 4.69) is 0 Å². The molecule has 0 aromatic heterocycles. The number of carboxylic acids is 1. The molecule has 0 aliphatic carbocycles. The molecule has 46 heavy (non-hydrogen) atoms. The third kappa shape index (κ3) is 7.31. The summed E-state index contributed by atoms with van der Waals surface area (Å²) in [6.07, 6.45) is -39.3. The molecule has 4 fully saturated rings. The van der Waals surface area contributed by atoms with Gasteiger partial charge < -0.3 is 105 Å². The predicted molar refractivity (Wildman–Crippen MR) is 134 cm³/mol. The number of hydrogen-bond donors (Lipinski definition) is 14. The fraction of sp³-hybridized carbons (Fsp3) is 0.958. The fourth-order valence-electron chi connectivity index (χ4n) is 5.48. The lowest BCUT2D eigenvalue weighted by molar-refractivity contribution is -0.400. The van der Waals surface area contributed by atoms with Gasteiger partial charge in [0.1, 0.15) is 91.6 Å². The van der Waals surface area contributed by atoms with Crippen LogP contribution in [-0.2, 0) is 38.0 Å². The van der Waals surface area contributed by atoms with Gasteiger partial charge in [0.25, 0.3) is 0 Å². The molecule has 4 heterocycles. The van der Waals surface area contributed by atoms with Crippen LogP contribution in [0.3, 0.4) is 0 Å². The minimum atomic E-state index is -2.25. The summed E-state index contributed by atoms with van der Waals surface area (Å²) in [7, 11) is 0. The van der Waals surface area contributed by atoms with Gasteiger partial charge in [0, 0.05) is 0 Å². The Bertz CT molecular complexity index is 990. The molecule has 4 saturated heterocycles. The van der Waals surface area contributed by atoms with E-state index in [1.165, 1.54) is 0 Å². The van der Waals surface area contributed by atoms with E-state index >= 15 is 0 Å². The van der Waals surface area contributed by atoms with Crippen LogP contribution in [0.5, 0.6) is 0 Å². The molecule has 22 heteroatoms. The lowest BCUT2D eigenvalue weighted by Gasteiger charge is -2.49. The van der Waals surface area contributed by atoms with Gasteiger partial charge in [-0.15, -0.1) is 0 Å². The first-order valence-corrected chi connectivity index (χ1v) is 14.1. The van der Waals surface area contributed by atoms with E-state index in [1.807, 2.05) is 0 Å². The number of hydrogen-bond acceptors (Lipinski definition) is 21. The van der Waals surface area contributed by atoms with Crippen LogP contribution in [0.4, 0.5) is 0 Å². The second-order valence-corrected chi connectivity index (χ2v) is 11.2. The molecule has 0 spiro atoms. The zero-order chi connectivity index (χ0) is 34.2. The van der Waals surface area contributed by atoms with Gasteiger partial charge in [0.2, 0.25) is 0 Å². The molecule has 20 atom stereocenters. The molecular weight excluding hydrogens is 640 g/mol. The smallest absolute Gasteiger partial charge is 0.335 e. The molecule has 14 N–H and O–H groups in total. The van der Waals surface area contributed by atoms with Crippen molar-refractivity contribution < 1.29 is 109 Å². The van der Waals surface area contributed by atoms with Gasteiger partial charge >= 0.3 is 5.97 Å². The molecule has 0 aromatic rings. The Balaban J connectivity index is 1.65. The molecule has 4 aliphatic heterocycles. The Morgan fingerprint density at radius 3 is 1.43 bits per heavy atom. The first kappa shape index (κ1) is 37.5. The lowest BCUT2D eigenvalue weighted by Crippen LogP contribution is -2.68. The Labute approximate surface area is 258 Å². The van der Waals surface area contributed by atoms with Crippen LogP contribution >= 0.6 is 0 Å². The molecule has 268 valence electrons. The van der Waals surface area contributed by atoms with Crippen molar-refractivity contribution in [3.8, 4) is 0 Å². The molecule has 0 saturated carbocycles. The van der Waals surface area contributed by atoms with Gasteiger partial charge in [-0.2, -0.15) is 0 Å². The highest BCUT2D eigenvalue weighted by Gasteiger charge is 2.56. The Morgan fingerprint density at radius 2 is 0.891 bits per heavy atom. The number of rotatable bonds is 10. The third-order valence-electron chi connectivity index (χ3n) is 8.18. The maximum absolute atomic E-state index is 11.8. The average molecular weight is 681 g/mol. The standard InChI is InChI=1S/C24H40O22/c25-1-4-7(28)10(31)14(35)22(41-4)45-19-13(34)12(33)17(20(37)38)44-24(19)46-18-11(32)8(29)5(2-26)42-23(18)43-16-9(30)6(3-27)40-21(39)15(16)36/h4-19,21-36,39H,1-3H2,(H,37,38). The van der Waals surface area contributed by atoms with E-state index in [-0.39, 0.29) is 0 Å². The van der Waals surface area contributed by atoms with Crippen LogP contribution in [0, 0.1) is 0 Å². The van der Waals surface area contributed by atoms with Gasteiger partial charge in [-0.05, 0) is 0 Å². The summed E-state index contributed by atoms with van der Waals surface area (Å²) in [6.45, 7) is -2.68. The summed E-state index contributed by atoms with van der Waals surface area (Å²) in [5.41, 5.74) is 0. The van der Waals surface area contributed by atoms with Crippen molar-refractivity contribution in [1.82, 2.24) is 0 Å².